The quantitative estimate of drug-likeness (QED) is 0.774. The average Bonchev–Trinajstić information content (AvgIpc) is 2.33. The maximum atomic E-state index is 10.6. The Morgan fingerprint density at radius 1 is 1.26 bits per heavy atom. The van der Waals surface area contributed by atoms with Crippen LogP contribution in [0.25, 0.3) is 0 Å². The zero-order valence-corrected chi connectivity index (χ0v) is 12.5. The van der Waals surface area contributed by atoms with Crippen molar-refractivity contribution in [3.8, 4) is 0 Å². The molecule has 1 atom stereocenters. The van der Waals surface area contributed by atoms with Crippen molar-refractivity contribution < 1.29 is 4.79 Å². The highest BCUT2D eigenvalue weighted by Crippen LogP contribution is 2.23. The molecule has 3 nitrogen and oxygen atoms in total. The number of benzene rings is 1. The Morgan fingerprint density at radius 3 is 2.32 bits per heavy atom. The summed E-state index contributed by atoms with van der Waals surface area (Å²) in [5.41, 5.74) is 7.92. The standard InChI is InChI=1S/C16H26N2O/c1-12(18-11-5-6-15(17)19)13-7-9-14(10-8-13)16(2,3)4/h7-10,12,18H,5-6,11H2,1-4H3,(H2,17,19). The molecule has 0 bridgehead atoms. The Balaban J connectivity index is 2.49. The molecule has 0 aromatic heterocycles. The fourth-order valence-electron chi connectivity index (χ4n) is 1.97. The van der Waals surface area contributed by atoms with Gasteiger partial charge in [-0.1, -0.05) is 45.0 Å². The third-order valence-electron chi connectivity index (χ3n) is 3.33. The normalized spacial score (nSPS) is 13.3. The van der Waals surface area contributed by atoms with Crippen LogP contribution in [0.1, 0.15) is 57.7 Å². The lowest BCUT2D eigenvalue weighted by atomic mass is 9.86. The molecule has 1 aromatic carbocycles. The van der Waals surface area contributed by atoms with Gasteiger partial charge in [-0.05, 0) is 36.4 Å². The second-order valence-electron chi connectivity index (χ2n) is 6.12. The van der Waals surface area contributed by atoms with Crippen LogP contribution in [-0.4, -0.2) is 12.5 Å². The van der Waals surface area contributed by atoms with Crippen LogP contribution < -0.4 is 11.1 Å². The summed E-state index contributed by atoms with van der Waals surface area (Å²) in [4.78, 5) is 10.6. The van der Waals surface area contributed by atoms with Gasteiger partial charge in [0.15, 0.2) is 0 Å². The molecule has 3 heteroatoms. The first-order valence-electron chi connectivity index (χ1n) is 6.93. The van der Waals surface area contributed by atoms with Gasteiger partial charge in [-0.3, -0.25) is 4.79 Å². The minimum atomic E-state index is -0.232. The smallest absolute Gasteiger partial charge is 0.217 e. The maximum Gasteiger partial charge on any atom is 0.217 e. The summed E-state index contributed by atoms with van der Waals surface area (Å²) in [6.07, 6.45) is 1.24. The molecule has 0 heterocycles. The summed E-state index contributed by atoms with van der Waals surface area (Å²) in [7, 11) is 0. The third kappa shape index (κ3) is 5.43. The first-order valence-corrected chi connectivity index (χ1v) is 6.93. The van der Waals surface area contributed by atoms with Gasteiger partial charge in [-0.25, -0.2) is 0 Å². The monoisotopic (exact) mass is 262 g/mol. The SMILES string of the molecule is CC(NCCCC(N)=O)c1ccc(C(C)(C)C)cc1. The zero-order chi connectivity index (χ0) is 14.5. The number of nitrogens with one attached hydrogen (secondary N) is 1. The molecule has 106 valence electrons. The molecule has 0 radical (unpaired) electrons. The maximum absolute atomic E-state index is 10.6. The van der Waals surface area contributed by atoms with E-state index in [-0.39, 0.29) is 11.3 Å². The molecule has 1 rings (SSSR count). The zero-order valence-electron chi connectivity index (χ0n) is 12.5. The number of carbonyl (C=O) groups is 1. The highest BCUT2D eigenvalue weighted by Gasteiger charge is 2.13. The summed E-state index contributed by atoms with van der Waals surface area (Å²) in [6, 6.07) is 9.02. The van der Waals surface area contributed by atoms with E-state index < -0.39 is 0 Å². The molecule has 0 aliphatic rings. The van der Waals surface area contributed by atoms with Crippen molar-refractivity contribution in [2.75, 3.05) is 6.54 Å². The number of nitrogens with two attached hydrogens (primary N) is 1. The molecule has 0 saturated carbocycles. The van der Waals surface area contributed by atoms with Crippen molar-refractivity contribution in [2.24, 2.45) is 5.73 Å². The van der Waals surface area contributed by atoms with Crippen LogP contribution >= 0.6 is 0 Å². The molecule has 1 aromatic rings. The molecular weight excluding hydrogens is 236 g/mol. The Morgan fingerprint density at radius 2 is 1.84 bits per heavy atom. The van der Waals surface area contributed by atoms with Gasteiger partial charge in [-0.2, -0.15) is 0 Å². The van der Waals surface area contributed by atoms with E-state index in [0.717, 1.165) is 13.0 Å². The van der Waals surface area contributed by atoms with Crippen molar-refractivity contribution in [3.05, 3.63) is 35.4 Å². The predicted octanol–water partition coefficient (Wildman–Crippen LogP) is 2.90. The fraction of sp³-hybridized carbons (Fsp3) is 0.562. The number of primary amides is 1. The molecule has 1 amide bonds. The molecule has 0 aliphatic carbocycles. The minimum Gasteiger partial charge on any atom is -0.370 e. The summed E-state index contributed by atoms with van der Waals surface area (Å²) in [6.45, 7) is 9.59. The molecule has 19 heavy (non-hydrogen) atoms. The van der Waals surface area contributed by atoms with Crippen LogP contribution in [-0.2, 0) is 10.2 Å². The lowest BCUT2D eigenvalue weighted by molar-refractivity contribution is -0.118. The van der Waals surface area contributed by atoms with Crippen LogP contribution in [0.2, 0.25) is 0 Å². The molecule has 1 unspecified atom stereocenters. The Bertz CT molecular complexity index is 404. The lowest BCUT2D eigenvalue weighted by Gasteiger charge is -2.20. The summed E-state index contributed by atoms with van der Waals surface area (Å²) < 4.78 is 0. The summed E-state index contributed by atoms with van der Waals surface area (Å²) in [5.74, 6) is -0.232. The number of rotatable bonds is 6. The van der Waals surface area contributed by atoms with Gasteiger partial charge in [0.25, 0.3) is 0 Å². The summed E-state index contributed by atoms with van der Waals surface area (Å²) in [5, 5.41) is 3.40. The van der Waals surface area contributed by atoms with Crippen LogP contribution in [0.5, 0.6) is 0 Å². The fourth-order valence-corrected chi connectivity index (χ4v) is 1.97. The Hall–Kier alpha value is -1.35. The number of hydrogen-bond donors (Lipinski definition) is 2. The van der Waals surface area contributed by atoms with Gasteiger partial charge < -0.3 is 11.1 Å². The third-order valence-corrected chi connectivity index (χ3v) is 3.33. The number of carbonyl (C=O) groups excluding carboxylic acids is 1. The number of amides is 1. The molecular formula is C16H26N2O. The van der Waals surface area contributed by atoms with E-state index >= 15 is 0 Å². The van der Waals surface area contributed by atoms with Gasteiger partial charge >= 0.3 is 0 Å². The molecule has 0 fully saturated rings. The van der Waals surface area contributed by atoms with Crippen LogP contribution in [0.4, 0.5) is 0 Å². The topological polar surface area (TPSA) is 55.1 Å². The average molecular weight is 262 g/mol. The van der Waals surface area contributed by atoms with Crippen molar-refractivity contribution >= 4 is 5.91 Å². The van der Waals surface area contributed by atoms with Crippen molar-refractivity contribution in [1.82, 2.24) is 5.32 Å². The highest BCUT2D eigenvalue weighted by atomic mass is 16.1. The molecule has 0 spiro atoms. The van der Waals surface area contributed by atoms with Crippen molar-refractivity contribution in [1.29, 1.82) is 0 Å². The van der Waals surface area contributed by atoms with Crippen molar-refractivity contribution in [2.45, 2.75) is 52.0 Å². The lowest BCUT2D eigenvalue weighted by Crippen LogP contribution is -2.22. The van der Waals surface area contributed by atoms with Gasteiger partial charge in [0.1, 0.15) is 0 Å². The minimum absolute atomic E-state index is 0.191. The number of hydrogen-bond acceptors (Lipinski definition) is 2. The van der Waals surface area contributed by atoms with E-state index in [1.165, 1.54) is 11.1 Å². The van der Waals surface area contributed by atoms with Gasteiger partial charge in [0.2, 0.25) is 5.91 Å². The first kappa shape index (κ1) is 15.7. The van der Waals surface area contributed by atoms with Crippen LogP contribution in [0.15, 0.2) is 24.3 Å². The highest BCUT2D eigenvalue weighted by molar-refractivity contribution is 5.73. The van der Waals surface area contributed by atoms with Crippen molar-refractivity contribution in [3.63, 3.8) is 0 Å². The molecule has 0 saturated heterocycles. The predicted molar refractivity (Wildman–Crippen MR) is 80.0 cm³/mol. The van der Waals surface area contributed by atoms with Gasteiger partial charge in [0.05, 0.1) is 0 Å². The Kier molecular flexibility index (Phi) is 5.55. The van der Waals surface area contributed by atoms with E-state index in [2.05, 4.69) is 57.3 Å². The van der Waals surface area contributed by atoms with Gasteiger partial charge in [0, 0.05) is 12.5 Å². The summed E-state index contributed by atoms with van der Waals surface area (Å²) >= 11 is 0. The molecule has 0 aliphatic heterocycles. The van der Waals surface area contributed by atoms with Crippen LogP contribution in [0, 0.1) is 0 Å². The largest absolute Gasteiger partial charge is 0.370 e. The van der Waals surface area contributed by atoms with Gasteiger partial charge in [-0.15, -0.1) is 0 Å². The second-order valence-corrected chi connectivity index (χ2v) is 6.12. The van der Waals surface area contributed by atoms with E-state index in [9.17, 15) is 4.79 Å². The Labute approximate surface area is 116 Å². The second kappa shape index (κ2) is 6.71. The van der Waals surface area contributed by atoms with E-state index in [1.807, 2.05) is 0 Å². The van der Waals surface area contributed by atoms with E-state index in [4.69, 9.17) is 5.73 Å². The molecule has 3 N–H and O–H groups in total. The van der Waals surface area contributed by atoms with Crippen LogP contribution in [0.3, 0.4) is 0 Å². The first-order chi connectivity index (χ1) is 8.80. The van der Waals surface area contributed by atoms with E-state index in [0.29, 0.717) is 12.5 Å². The van der Waals surface area contributed by atoms with E-state index in [1.54, 1.807) is 0 Å².